The lowest BCUT2D eigenvalue weighted by Crippen LogP contribution is -2.07. The third-order valence-electron chi connectivity index (χ3n) is 3.21. The van der Waals surface area contributed by atoms with E-state index in [-0.39, 0.29) is 12.3 Å². The van der Waals surface area contributed by atoms with Crippen molar-refractivity contribution in [2.24, 2.45) is 0 Å². The van der Waals surface area contributed by atoms with Gasteiger partial charge in [-0.25, -0.2) is 4.79 Å². The van der Waals surface area contributed by atoms with Crippen LogP contribution in [0.4, 0.5) is 0 Å². The minimum absolute atomic E-state index is 0.125. The molecule has 0 bridgehead atoms. The van der Waals surface area contributed by atoms with E-state index in [0.717, 1.165) is 12.8 Å². The molecule has 0 aliphatic heterocycles. The van der Waals surface area contributed by atoms with Gasteiger partial charge in [0, 0.05) is 0 Å². The molecule has 0 saturated heterocycles. The SMILES string of the molecule is CCCCOc1c(OC)cccc1-c1n[nH]nc1C(=O)OCC. The standard InChI is InChI=1S/C16H21N3O4/c1-4-6-10-23-15-11(8-7-9-12(15)21-3)13-14(18-19-17-13)16(20)22-5-2/h7-9H,4-6,10H2,1-3H3,(H,17,18,19). The Kier molecular flexibility index (Phi) is 5.96. The number of unbranched alkanes of at least 4 members (excludes halogenated alkanes) is 1. The minimum atomic E-state index is -0.529. The van der Waals surface area contributed by atoms with Crippen molar-refractivity contribution in [2.45, 2.75) is 26.7 Å². The largest absolute Gasteiger partial charge is 0.493 e. The zero-order chi connectivity index (χ0) is 16.7. The molecule has 0 aliphatic carbocycles. The molecule has 0 atom stereocenters. The smallest absolute Gasteiger partial charge is 0.361 e. The van der Waals surface area contributed by atoms with Gasteiger partial charge in [0.05, 0.1) is 25.9 Å². The topological polar surface area (TPSA) is 86.3 Å². The molecule has 1 aromatic carbocycles. The molecule has 124 valence electrons. The molecule has 0 fully saturated rings. The number of hydrogen-bond donors (Lipinski definition) is 1. The summed E-state index contributed by atoms with van der Waals surface area (Å²) in [5.74, 6) is 0.595. The number of esters is 1. The number of para-hydroxylation sites is 1. The zero-order valence-corrected chi connectivity index (χ0v) is 13.6. The highest BCUT2D eigenvalue weighted by molar-refractivity contribution is 5.95. The number of rotatable bonds is 8. The van der Waals surface area contributed by atoms with Crippen molar-refractivity contribution in [1.29, 1.82) is 0 Å². The summed E-state index contributed by atoms with van der Waals surface area (Å²) in [6.07, 6.45) is 1.93. The highest BCUT2D eigenvalue weighted by atomic mass is 16.5. The molecule has 0 unspecified atom stereocenters. The van der Waals surface area contributed by atoms with Crippen molar-refractivity contribution >= 4 is 5.97 Å². The van der Waals surface area contributed by atoms with Crippen LogP contribution in [0, 0.1) is 0 Å². The fourth-order valence-electron chi connectivity index (χ4n) is 2.09. The summed E-state index contributed by atoms with van der Waals surface area (Å²) in [5.41, 5.74) is 1.14. The van der Waals surface area contributed by atoms with E-state index in [1.54, 1.807) is 20.1 Å². The summed E-state index contributed by atoms with van der Waals surface area (Å²) in [4.78, 5) is 12.0. The third kappa shape index (κ3) is 3.80. The Morgan fingerprint density at radius 2 is 2.09 bits per heavy atom. The molecule has 2 rings (SSSR count). The lowest BCUT2D eigenvalue weighted by molar-refractivity contribution is 0.0520. The lowest BCUT2D eigenvalue weighted by atomic mass is 10.1. The average molecular weight is 319 g/mol. The summed E-state index contributed by atoms with van der Waals surface area (Å²) >= 11 is 0. The van der Waals surface area contributed by atoms with Gasteiger partial charge in [-0.05, 0) is 25.5 Å². The van der Waals surface area contributed by atoms with E-state index in [1.165, 1.54) is 0 Å². The molecule has 1 heterocycles. The minimum Gasteiger partial charge on any atom is -0.493 e. The lowest BCUT2D eigenvalue weighted by Gasteiger charge is -2.14. The van der Waals surface area contributed by atoms with Gasteiger partial charge in [0.25, 0.3) is 0 Å². The molecule has 0 radical (unpaired) electrons. The predicted octanol–water partition coefficient (Wildman–Crippen LogP) is 2.84. The van der Waals surface area contributed by atoms with Crippen molar-refractivity contribution in [3.63, 3.8) is 0 Å². The number of H-pyrrole nitrogens is 1. The van der Waals surface area contributed by atoms with Crippen LogP contribution in [0.1, 0.15) is 37.2 Å². The van der Waals surface area contributed by atoms with Crippen LogP contribution in [-0.4, -0.2) is 41.7 Å². The first kappa shape index (κ1) is 16.8. The van der Waals surface area contributed by atoms with E-state index in [9.17, 15) is 4.79 Å². The maximum atomic E-state index is 12.0. The fourth-order valence-corrected chi connectivity index (χ4v) is 2.09. The van der Waals surface area contributed by atoms with E-state index in [4.69, 9.17) is 14.2 Å². The van der Waals surface area contributed by atoms with Crippen molar-refractivity contribution in [1.82, 2.24) is 15.4 Å². The first-order chi connectivity index (χ1) is 11.2. The van der Waals surface area contributed by atoms with Gasteiger partial charge in [-0.15, -0.1) is 5.10 Å². The second kappa shape index (κ2) is 8.17. The normalized spacial score (nSPS) is 10.4. The molecular formula is C16H21N3O4. The van der Waals surface area contributed by atoms with Crippen LogP contribution in [-0.2, 0) is 4.74 Å². The Bertz CT molecular complexity index is 655. The monoisotopic (exact) mass is 319 g/mol. The molecular weight excluding hydrogens is 298 g/mol. The Morgan fingerprint density at radius 1 is 1.26 bits per heavy atom. The number of aromatic amines is 1. The third-order valence-corrected chi connectivity index (χ3v) is 3.21. The van der Waals surface area contributed by atoms with Gasteiger partial charge < -0.3 is 14.2 Å². The number of aromatic nitrogens is 3. The maximum absolute atomic E-state index is 12.0. The van der Waals surface area contributed by atoms with E-state index in [0.29, 0.717) is 29.4 Å². The predicted molar refractivity (Wildman–Crippen MR) is 84.7 cm³/mol. The molecule has 1 aromatic heterocycles. The molecule has 0 saturated carbocycles. The van der Waals surface area contributed by atoms with Crippen LogP contribution in [0.3, 0.4) is 0 Å². The molecule has 0 aliphatic rings. The van der Waals surface area contributed by atoms with Crippen LogP contribution >= 0.6 is 0 Å². The Hall–Kier alpha value is -2.57. The summed E-state index contributed by atoms with van der Waals surface area (Å²) in [6, 6.07) is 5.42. The maximum Gasteiger partial charge on any atom is 0.361 e. The quantitative estimate of drug-likeness (QED) is 0.595. The van der Waals surface area contributed by atoms with Gasteiger partial charge in [-0.1, -0.05) is 19.4 Å². The number of nitrogens with one attached hydrogen (secondary N) is 1. The Labute approximate surface area is 134 Å². The molecule has 2 aromatic rings. The van der Waals surface area contributed by atoms with Gasteiger partial charge in [0.15, 0.2) is 17.2 Å². The second-order valence-corrected chi connectivity index (χ2v) is 4.78. The number of nitrogens with zero attached hydrogens (tertiary/aromatic N) is 2. The number of hydrogen-bond acceptors (Lipinski definition) is 6. The van der Waals surface area contributed by atoms with E-state index >= 15 is 0 Å². The highest BCUT2D eigenvalue weighted by Gasteiger charge is 2.23. The number of carbonyl (C=O) groups excluding carboxylic acids is 1. The van der Waals surface area contributed by atoms with Gasteiger partial charge in [-0.3, -0.25) is 0 Å². The van der Waals surface area contributed by atoms with Crippen LogP contribution in [0.15, 0.2) is 18.2 Å². The number of benzene rings is 1. The van der Waals surface area contributed by atoms with Crippen LogP contribution in [0.5, 0.6) is 11.5 Å². The average Bonchev–Trinajstić information content (AvgIpc) is 3.05. The second-order valence-electron chi connectivity index (χ2n) is 4.78. The Morgan fingerprint density at radius 3 is 2.78 bits per heavy atom. The molecule has 0 spiro atoms. The van der Waals surface area contributed by atoms with E-state index in [2.05, 4.69) is 22.3 Å². The first-order valence-electron chi connectivity index (χ1n) is 7.60. The Balaban J connectivity index is 2.43. The van der Waals surface area contributed by atoms with Gasteiger partial charge in [0.1, 0.15) is 5.69 Å². The van der Waals surface area contributed by atoms with Crippen LogP contribution < -0.4 is 9.47 Å². The summed E-state index contributed by atoms with van der Waals surface area (Å²) in [5, 5.41) is 10.4. The van der Waals surface area contributed by atoms with Gasteiger partial charge in [0.2, 0.25) is 0 Å². The number of methoxy groups -OCH3 is 1. The molecule has 1 N–H and O–H groups in total. The van der Waals surface area contributed by atoms with Crippen LogP contribution in [0.2, 0.25) is 0 Å². The fraction of sp³-hybridized carbons (Fsp3) is 0.438. The van der Waals surface area contributed by atoms with Gasteiger partial charge >= 0.3 is 5.97 Å². The van der Waals surface area contributed by atoms with Gasteiger partial charge in [-0.2, -0.15) is 10.3 Å². The molecule has 0 amide bonds. The summed E-state index contributed by atoms with van der Waals surface area (Å²) < 4.78 is 16.2. The van der Waals surface area contributed by atoms with Crippen molar-refractivity contribution in [3.8, 4) is 22.8 Å². The molecule has 7 heteroatoms. The van der Waals surface area contributed by atoms with Crippen molar-refractivity contribution in [3.05, 3.63) is 23.9 Å². The highest BCUT2D eigenvalue weighted by Crippen LogP contribution is 2.38. The summed E-state index contributed by atoms with van der Waals surface area (Å²) in [6.45, 7) is 4.64. The molecule has 23 heavy (non-hydrogen) atoms. The summed E-state index contributed by atoms with van der Waals surface area (Å²) in [7, 11) is 1.57. The van der Waals surface area contributed by atoms with Crippen LogP contribution in [0.25, 0.3) is 11.3 Å². The first-order valence-corrected chi connectivity index (χ1v) is 7.60. The van der Waals surface area contributed by atoms with E-state index in [1.807, 2.05) is 12.1 Å². The zero-order valence-electron chi connectivity index (χ0n) is 13.6. The number of carbonyl (C=O) groups is 1. The van der Waals surface area contributed by atoms with Crippen molar-refractivity contribution in [2.75, 3.05) is 20.3 Å². The van der Waals surface area contributed by atoms with E-state index < -0.39 is 5.97 Å². The van der Waals surface area contributed by atoms with Crippen molar-refractivity contribution < 1.29 is 19.0 Å². The number of ether oxygens (including phenoxy) is 3. The molecule has 7 nitrogen and oxygen atoms in total.